The lowest BCUT2D eigenvalue weighted by molar-refractivity contribution is -0.116. The Morgan fingerprint density at radius 2 is 2.26 bits per heavy atom. The van der Waals surface area contributed by atoms with Crippen molar-refractivity contribution in [3.8, 4) is 11.4 Å². The van der Waals surface area contributed by atoms with Crippen LogP contribution in [0.1, 0.15) is 12.3 Å². The summed E-state index contributed by atoms with van der Waals surface area (Å²) < 4.78 is 4.94. The van der Waals surface area contributed by atoms with Crippen molar-refractivity contribution >= 4 is 11.6 Å². The molecule has 0 fully saturated rings. The zero-order valence-corrected chi connectivity index (χ0v) is 10.9. The van der Waals surface area contributed by atoms with Crippen LogP contribution in [0.25, 0.3) is 11.4 Å². The van der Waals surface area contributed by atoms with Gasteiger partial charge in [0, 0.05) is 31.1 Å². The molecule has 0 aliphatic heterocycles. The number of carbonyl (C=O) groups is 1. The molecule has 1 aromatic heterocycles. The first-order valence-electron chi connectivity index (χ1n) is 6.04. The van der Waals surface area contributed by atoms with Gasteiger partial charge in [-0.05, 0) is 19.2 Å². The number of aryl methyl sites for hydroxylation is 1. The van der Waals surface area contributed by atoms with Crippen molar-refractivity contribution in [3.63, 3.8) is 0 Å². The minimum Gasteiger partial charge on any atom is -0.339 e. The molecule has 0 unspecified atom stereocenters. The van der Waals surface area contributed by atoms with Gasteiger partial charge >= 0.3 is 0 Å². The molecule has 2 rings (SSSR count). The number of nitrogens with one attached hydrogen (secondary N) is 2. The number of aromatic nitrogens is 2. The second-order valence-corrected chi connectivity index (χ2v) is 4.12. The monoisotopic (exact) mass is 260 g/mol. The Morgan fingerprint density at radius 1 is 1.42 bits per heavy atom. The standard InChI is InChI=1S/C13H16N4O2/c1-9-15-13(17-19-9)10-4-3-5-11(8-10)16-12(18)6-7-14-2/h3-5,8,14H,6-7H2,1-2H3,(H,16,18). The van der Waals surface area contributed by atoms with E-state index < -0.39 is 0 Å². The topological polar surface area (TPSA) is 80.0 Å². The van der Waals surface area contributed by atoms with E-state index in [1.807, 2.05) is 31.3 Å². The van der Waals surface area contributed by atoms with Crippen LogP contribution < -0.4 is 10.6 Å². The van der Waals surface area contributed by atoms with E-state index >= 15 is 0 Å². The first-order chi connectivity index (χ1) is 9.19. The lowest BCUT2D eigenvalue weighted by Crippen LogP contribution is -2.18. The zero-order chi connectivity index (χ0) is 13.7. The lowest BCUT2D eigenvalue weighted by Gasteiger charge is -2.05. The molecule has 0 saturated heterocycles. The summed E-state index contributed by atoms with van der Waals surface area (Å²) in [7, 11) is 1.81. The van der Waals surface area contributed by atoms with Crippen LogP contribution in [0.4, 0.5) is 5.69 Å². The van der Waals surface area contributed by atoms with Crippen LogP contribution in [0.5, 0.6) is 0 Å². The highest BCUT2D eigenvalue weighted by Crippen LogP contribution is 2.19. The van der Waals surface area contributed by atoms with Crippen LogP contribution in [-0.2, 0) is 4.79 Å². The maximum absolute atomic E-state index is 11.6. The largest absolute Gasteiger partial charge is 0.339 e. The van der Waals surface area contributed by atoms with E-state index in [0.29, 0.717) is 24.7 Å². The fraction of sp³-hybridized carbons (Fsp3) is 0.308. The minimum atomic E-state index is -0.0317. The van der Waals surface area contributed by atoms with Crippen LogP contribution in [0.3, 0.4) is 0 Å². The average molecular weight is 260 g/mol. The predicted octanol–water partition coefficient (Wildman–Crippen LogP) is 1.59. The van der Waals surface area contributed by atoms with Crippen molar-refractivity contribution in [3.05, 3.63) is 30.2 Å². The number of amides is 1. The summed E-state index contributed by atoms with van der Waals surface area (Å²) in [6.45, 7) is 2.38. The molecule has 1 aromatic carbocycles. The van der Waals surface area contributed by atoms with Crippen LogP contribution in [-0.4, -0.2) is 29.6 Å². The van der Waals surface area contributed by atoms with Gasteiger partial charge < -0.3 is 15.2 Å². The predicted molar refractivity (Wildman–Crippen MR) is 71.6 cm³/mol. The van der Waals surface area contributed by atoms with Crippen molar-refractivity contribution < 1.29 is 9.32 Å². The Hall–Kier alpha value is -2.21. The van der Waals surface area contributed by atoms with Crippen molar-refractivity contribution in [2.75, 3.05) is 18.9 Å². The fourth-order valence-corrected chi connectivity index (χ4v) is 1.61. The van der Waals surface area contributed by atoms with Gasteiger partial charge in [0.25, 0.3) is 0 Å². The Kier molecular flexibility index (Phi) is 4.25. The quantitative estimate of drug-likeness (QED) is 0.853. The maximum Gasteiger partial charge on any atom is 0.225 e. The number of carbonyl (C=O) groups excluding carboxylic acids is 1. The van der Waals surface area contributed by atoms with Crippen LogP contribution >= 0.6 is 0 Å². The van der Waals surface area contributed by atoms with Crippen molar-refractivity contribution in [2.45, 2.75) is 13.3 Å². The molecule has 0 atom stereocenters. The summed E-state index contributed by atoms with van der Waals surface area (Å²) in [5, 5.41) is 9.61. The van der Waals surface area contributed by atoms with E-state index in [1.165, 1.54) is 0 Å². The zero-order valence-electron chi connectivity index (χ0n) is 10.9. The SMILES string of the molecule is CNCCC(=O)Nc1cccc(-c2noc(C)n2)c1. The van der Waals surface area contributed by atoms with Crippen molar-refractivity contribution in [2.24, 2.45) is 0 Å². The Morgan fingerprint density at radius 3 is 2.95 bits per heavy atom. The summed E-state index contributed by atoms with van der Waals surface area (Å²) in [4.78, 5) is 15.8. The van der Waals surface area contributed by atoms with Gasteiger partial charge in [-0.1, -0.05) is 17.3 Å². The van der Waals surface area contributed by atoms with Crippen molar-refractivity contribution in [1.29, 1.82) is 0 Å². The van der Waals surface area contributed by atoms with E-state index in [2.05, 4.69) is 20.8 Å². The third-order valence-corrected chi connectivity index (χ3v) is 2.53. The normalized spacial score (nSPS) is 10.4. The van der Waals surface area contributed by atoms with Gasteiger partial charge in [-0.3, -0.25) is 4.79 Å². The van der Waals surface area contributed by atoms with Crippen LogP contribution in [0, 0.1) is 6.92 Å². The second kappa shape index (κ2) is 6.10. The molecule has 1 amide bonds. The van der Waals surface area contributed by atoms with Crippen LogP contribution in [0.2, 0.25) is 0 Å². The minimum absolute atomic E-state index is 0.0317. The Bertz CT molecular complexity index is 565. The summed E-state index contributed by atoms with van der Waals surface area (Å²) in [6, 6.07) is 7.36. The molecule has 1 heterocycles. The second-order valence-electron chi connectivity index (χ2n) is 4.12. The number of nitrogens with zero attached hydrogens (tertiary/aromatic N) is 2. The van der Waals surface area contributed by atoms with E-state index in [0.717, 1.165) is 11.3 Å². The summed E-state index contributed by atoms with van der Waals surface area (Å²) in [5.41, 5.74) is 1.53. The first-order valence-corrected chi connectivity index (χ1v) is 6.04. The summed E-state index contributed by atoms with van der Waals surface area (Å²) >= 11 is 0. The molecule has 0 aliphatic rings. The number of hydrogen-bond acceptors (Lipinski definition) is 5. The lowest BCUT2D eigenvalue weighted by atomic mass is 10.2. The molecule has 6 heteroatoms. The summed E-state index contributed by atoms with van der Waals surface area (Å²) in [6.07, 6.45) is 0.433. The van der Waals surface area contributed by atoms with Crippen molar-refractivity contribution in [1.82, 2.24) is 15.5 Å². The number of benzene rings is 1. The molecule has 0 spiro atoms. The van der Waals surface area contributed by atoms with Gasteiger partial charge in [0.2, 0.25) is 17.6 Å². The molecule has 0 saturated carbocycles. The van der Waals surface area contributed by atoms with Gasteiger partial charge in [0.05, 0.1) is 0 Å². The third-order valence-electron chi connectivity index (χ3n) is 2.53. The van der Waals surface area contributed by atoms with Gasteiger partial charge in [0.15, 0.2) is 0 Å². The van der Waals surface area contributed by atoms with Gasteiger partial charge in [-0.15, -0.1) is 0 Å². The molecule has 0 aliphatic carbocycles. The Labute approximate surface area is 111 Å². The van der Waals surface area contributed by atoms with Gasteiger partial charge in [-0.25, -0.2) is 0 Å². The first kappa shape index (κ1) is 13.2. The smallest absolute Gasteiger partial charge is 0.225 e. The van der Waals surface area contributed by atoms with E-state index in [4.69, 9.17) is 4.52 Å². The highest BCUT2D eigenvalue weighted by Gasteiger charge is 2.07. The average Bonchev–Trinajstić information content (AvgIpc) is 2.83. The molecular weight excluding hydrogens is 244 g/mol. The van der Waals surface area contributed by atoms with E-state index in [1.54, 1.807) is 6.92 Å². The van der Waals surface area contributed by atoms with E-state index in [9.17, 15) is 4.79 Å². The molecular formula is C13H16N4O2. The highest BCUT2D eigenvalue weighted by molar-refractivity contribution is 5.91. The summed E-state index contributed by atoms with van der Waals surface area (Å²) in [5.74, 6) is 0.998. The number of anilines is 1. The molecule has 19 heavy (non-hydrogen) atoms. The fourth-order valence-electron chi connectivity index (χ4n) is 1.61. The van der Waals surface area contributed by atoms with Gasteiger partial charge in [0.1, 0.15) is 0 Å². The van der Waals surface area contributed by atoms with E-state index in [-0.39, 0.29) is 5.91 Å². The molecule has 0 bridgehead atoms. The molecule has 100 valence electrons. The molecule has 2 N–H and O–H groups in total. The third kappa shape index (κ3) is 3.62. The molecule has 6 nitrogen and oxygen atoms in total. The number of hydrogen-bond donors (Lipinski definition) is 2. The Balaban J connectivity index is 2.09. The number of rotatable bonds is 5. The highest BCUT2D eigenvalue weighted by atomic mass is 16.5. The molecule has 0 radical (unpaired) electrons. The maximum atomic E-state index is 11.6. The van der Waals surface area contributed by atoms with Gasteiger partial charge in [-0.2, -0.15) is 4.98 Å². The van der Waals surface area contributed by atoms with Crippen LogP contribution in [0.15, 0.2) is 28.8 Å². The molecule has 2 aromatic rings.